The van der Waals surface area contributed by atoms with Crippen molar-refractivity contribution in [1.29, 1.82) is 0 Å². The lowest BCUT2D eigenvalue weighted by molar-refractivity contribution is 0.0205. The molecule has 1 unspecified atom stereocenters. The number of halogens is 1. The largest absolute Gasteiger partial charge is 0.494 e. The van der Waals surface area contributed by atoms with Crippen LogP contribution in [0, 0.1) is 11.2 Å². The number of aliphatic imine (C=N–C) groups is 1. The maximum Gasteiger partial charge on any atom is 0.191 e. The zero-order valence-corrected chi connectivity index (χ0v) is 16.1. The molecule has 142 valence electrons. The summed E-state index contributed by atoms with van der Waals surface area (Å²) in [6.45, 7) is 8.57. The predicted octanol–water partition coefficient (Wildman–Crippen LogP) is 3.21. The van der Waals surface area contributed by atoms with Crippen molar-refractivity contribution in [2.24, 2.45) is 10.4 Å². The van der Waals surface area contributed by atoms with Gasteiger partial charge in [-0.25, -0.2) is 4.39 Å². The molecule has 0 radical (unpaired) electrons. The Morgan fingerprint density at radius 1 is 1.16 bits per heavy atom. The topological polar surface area (TPSA) is 54.9 Å². The van der Waals surface area contributed by atoms with E-state index in [0.717, 1.165) is 25.3 Å². The van der Waals surface area contributed by atoms with Gasteiger partial charge in [0.2, 0.25) is 0 Å². The smallest absolute Gasteiger partial charge is 0.191 e. The first-order valence-electron chi connectivity index (χ1n) is 8.72. The first-order chi connectivity index (χ1) is 11.9. The highest BCUT2D eigenvalue weighted by molar-refractivity contribution is 5.79. The Morgan fingerprint density at radius 3 is 2.40 bits per heavy atom. The summed E-state index contributed by atoms with van der Waals surface area (Å²) in [7, 11) is 3.49. The van der Waals surface area contributed by atoms with Crippen molar-refractivity contribution in [1.82, 2.24) is 10.6 Å². The van der Waals surface area contributed by atoms with Crippen molar-refractivity contribution in [3.05, 3.63) is 30.1 Å². The second-order valence-corrected chi connectivity index (χ2v) is 6.98. The number of hydrogen-bond acceptors (Lipinski definition) is 3. The number of nitrogens with one attached hydrogen (secondary N) is 2. The van der Waals surface area contributed by atoms with E-state index in [1.807, 2.05) is 0 Å². The summed E-state index contributed by atoms with van der Waals surface area (Å²) >= 11 is 0. The third-order valence-electron chi connectivity index (χ3n) is 3.87. The van der Waals surface area contributed by atoms with Gasteiger partial charge in [-0.15, -0.1) is 0 Å². The summed E-state index contributed by atoms with van der Waals surface area (Å²) in [5, 5.41) is 6.58. The third kappa shape index (κ3) is 8.72. The second kappa shape index (κ2) is 10.9. The first-order valence-corrected chi connectivity index (χ1v) is 8.72. The molecule has 0 amide bonds. The normalized spacial score (nSPS) is 13.4. The predicted molar refractivity (Wildman–Crippen MR) is 101 cm³/mol. The molecule has 0 bridgehead atoms. The van der Waals surface area contributed by atoms with Crippen LogP contribution in [-0.2, 0) is 4.74 Å². The summed E-state index contributed by atoms with van der Waals surface area (Å²) < 4.78 is 23.9. The van der Waals surface area contributed by atoms with Gasteiger partial charge >= 0.3 is 0 Å². The number of nitrogens with zero attached hydrogens (tertiary/aromatic N) is 1. The molecule has 0 spiro atoms. The molecular weight excluding hydrogens is 321 g/mol. The lowest BCUT2D eigenvalue weighted by Crippen LogP contribution is -2.45. The minimum Gasteiger partial charge on any atom is -0.494 e. The van der Waals surface area contributed by atoms with Gasteiger partial charge in [0.05, 0.1) is 12.7 Å². The van der Waals surface area contributed by atoms with Crippen molar-refractivity contribution in [3.8, 4) is 5.75 Å². The van der Waals surface area contributed by atoms with Crippen LogP contribution in [-0.4, -0.2) is 45.9 Å². The monoisotopic (exact) mass is 353 g/mol. The van der Waals surface area contributed by atoms with Crippen molar-refractivity contribution in [3.63, 3.8) is 0 Å². The van der Waals surface area contributed by atoms with Crippen LogP contribution in [0.1, 0.15) is 33.6 Å². The highest BCUT2D eigenvalue weighted by Gasteiger charge is 2.24. The first kappa shape index (κ1) is 21.2. The Hall–Kier alpha value is -1.82. The van der Waals surface area contributed by atoms with Gasteiger partial charge in [-0.05, 0) is 42.5 Å². The molecule has 0 aliphatic rings. The van der Waals surface area contributed by atoms with Gasteiger partial charge < -0.3 is 20.1 Å². The molecule has 1 atom stereocenters. The zero-order chi connectivity index (χ0) is 18.7. The number of rotatable bonds is 9. The van der Waals surface area contributed by atoms with Crippen LogP contribution in [0.5, 0.6) is 5.75 Å². The van der Waals surface area contributed by atoms with Gasteiger partial charge in [0.1, 0.15) is 11.6 Å². The quantitative estimate of drug-likeness (QED) is 0.407. The maximum atomic E-state index is 12.8. The fraction of sp³-hybridized carbons (Fsp3) is 0.632. The molecule has 0 fully saturated rings. The van der Waals surface area contributed by atoms with E-state index < -0.39 is 0 Å². The molecular formula is C19H32FN3O2. The molecule has 0 saturated carbocycles. The van der Waals surface area contributed by atoms with E-state index in [4.69, 9.17) is 9.47 Å². The Bertz CT molecular complexity index is 512. The fourth-order valence-electron chi connectivity index (χ4n) is 2.31. The number of benzene rings is 1. The van der Waals surface area contributed by atoms with Crippen LogP contribution in [0.3, 0.4) is 0 Å². The van der Waals surface area contributed by atoms with E-state index in [1.54, 1.807) is 26.3 Å². The lowest BCUT2D eigenvalue weighted by Gasteiger charge is -2.30. The minimum absolute atomic E-state index is 0.0678. The summed E-state index contributed by atoms with van der Waals surface area (Å²) in [5.41, 5.74) is 0.0678. The van der Waals surface area contributed by atoms with Crippen molar-refractivity contribution >= 4 is 5.96 Å². The number of unbranched alkanes of at least 4 members (excludes halogenated alkanes) is 1. The van der Waals surface area contributed by atoms with Gasteiger partial charge in [0, 0.05) is 27.2 Å². The standard InChI is InChI=1S/C19H32FN3O2/c1-19(2,3)17(24-5)14-23-18(21-4)22-12-6-7-13-25-16-10-8-15(20)9-11-16/h8-11,17H,6-7,12-14H2,1-5H3,(H2,21,22,23). The zero-order valence-electron chi connectivity index (χ0n) is 16.1. The van der Waals surface area contributed by atoms with Crippen LogP contribution < -0.4 is 15.4 Å². The number of guanidine groups is 1. The Kier molecular flexibility index (Phi) is 9.27. The molecule has 0 aliphatic carbocycles. The van der Waals surface area contributed by atoms with Gasteiger partial charge in [-0.3, -0.25) is 4.99 Å². The molecule has 0 aromatic heterocycles. The molecule has 0 aliphatic heterocycles. The van der Waals surface area contributed by atoms with Gasteiger partial charge in [-0.1, -0.05) is 20.8 Å². The minimum atomic E-state index is -0.252. The average Bonchev–Trinajstić information content (AvgIpc) is 2.57. The van der Waals surface area contributed by atoms with E-state index in [9.17, 15) is 4.39 Å². The highest BCUT2D eigenvalue weighted by atomic mass is 19.1. The Balaban J connectivity index is 2.17. The van der Waals surface area contributed by atoms with Crippen LogP contribution in [0.15, 0.2) is 29.3 Å². The summed E-state index contributed by atoms with van der Waals surface area (Å²) in [4.78, 5) is 4.22. The molecule has 1 rings (SSSR count). The Morgan fingerprint density at radius 2 is 1.84 bits per heavy atom. The SMILES string of the molecule is CN=C(NCCCCOc1ccc(F)cc1)NCC(OC)C(C)(C)C. The van der Waals surface area contributed by atoms with E-state index in [-0.39, 0.29) is 17.3 Å². The van der Waals surface area contributed by atoms with Crippen molar-refractivity contribution in [2.75, 3.05) is 33.9 Å². The molecule has 0 heterocycles. The van der Waals surface area contributed by atoms with E-state index in [0.29, 0.717) is 18.9 Å². The molecule has 0 saturated heterocycles. The van der Waals surface area contributed by atoms with E-state index in [2.05, 4.69) is 36.4 Å². The van der Waals surface area contributed by atoms with Crippen LogP contribution in [0.4, 0.5) is 4.39 Å². The molecule has 1 aromatic carbocycles. The molecule has 1 aromatic rings. The summed E-state index contributed by atoms with van der Waals surface area (Å²) in [5.74, 6) is 1.21. The summed E-state index contributed by atoms with van der Waals surface area (Å²) in [6.07, 6.45) is 1.97. The maximum absolute atomic E-state index is 12.8. The number of methoxy groups -OCH3 is 1. The number of ether oxygens (including phenoxy) is 2. The van der Waals surface area contributed by atoms with Gasteiger partial charge in [-0.2, -0.15) is 0 Å². The molecule has 25 heavy (non-hydrogen) atoms. The number of hydrogen-bond donors (Lipinski definition) is 2. The van der Waals surface area contributed by atoms with Crippen molar-refractivity contribution in [2.45, 2.75) is 39.7 Å². The highest BCUT2D eigenvalue weighted by Crippen LogP contribution is 2.20. The van der Waals surface area contributed by atoms with Crippen LogP contribution >= 0.6 is 0 Å². The van der Waals surface area contributed by atoms with Crippen LogP contribution in [0.2, 0.25) is 0 Å². The summed E-state index contributed by atoms with van der Waals surface area (Å²) in [6, 6.07) is 6.08. The lowest BCUT2D eigenvalue weighted by atomic mass is 9.89. The molecule has 5 nitrogen and oxygen atoms in total. The van der Waals surface area contributed by atoms with Crippen LogP contribution in [0.25, 0.3) is 0 Å². The Labute approximate surface area is 151 Å². The molecule has 6 heteroatoms. The molecule has 2 N–H and O–H groups in total. The third-order valence-corrected chi connectivity index (χ3v) is 3.87. The van der Waals surface area contributed by atoms with E-state index in [1.165, 1.54) is 12.1 Å². The van der Waals surface area contributed by atoms with Gasteiger partial charge in [0.25, 0.3) is 0 Å². The second-order valence-electron chi connectivity index (χ2n) is 6.98. The fourth-order valence-corrected chi connectivity index (χ4v) is 2.31. The van der Waals surface area contributed by atoms with Crippen molar-refractivity contribution < 1.29 is 13.9 Å². The van der Waals surface area contributed by atoms with Gasteiger partial charge in [0.15, 0.2) is 5.96 Å². The van der Waals surface area contributed by atoms with E-state index >= 15 is 0 Å². The average molecular weight is 353 g/mol.